The second-order valence-corrected chi connectivity index (χ2v) is 7.77. The van der Waals surface area contributed by atoms with Crippen LogP contribution >= 0.6 is 11.6 Å². The summed E-state index contributed by atoms with van der Waals surface area (Å²) in [7, 11) is -2.86. The first-order chi connectivity index (χ1) is 9.61. The Morgan fingerprint density at radius 1 is 1.35 bits per heavy atom. The van der Waals surface area contributed by atoms with Crippen molar-refractivity contribution in [2.75, 3.05) is 17.4 Å². The molecule has 0 amide bonds. The molecule has 20 heavy (non-hydrogen) atoms. The third-order valence-corrected chi connectivity index (χ3v) is 5.68. The third kappa shape index (κ3) is 2.54. The fourth-order valence-electron chi connectivity index (χ4n) is 2.80. The number of pyridine rings is 1. The van der Waals surface area contributed by atoms with Crippen LogP contribution in [0.25, 0.3) is 11.0 Å². The van der Waals surface area contributed by atoms with Crippen LogP contribution in [0.5, 0.6) is 0 Å². The van der Waals surface area contributed by atoms with Gasteiger partial charge in [0.25, 0.3) is 0 Å². The predicted molar refractivity (Wildman–Crippen MR) is 78.9 cm³/mol. The average Bonchev–Trinajstić information content (AvgIpc) is 2.78. The highest BCUT2D eigenvalue weighted by Gasteiger charge is 2.27. The third-order valence-electron chi connectivity index (χ3n) is 3.77. The number of rotatable bonds is 3. The standard InChI is InChI=1S/C13H16ClN3O2S/c14-5-1-13-16-11-9-15-6-2-12(11)17(13)10-3-7-20(18,19)8-4-10/h2,6,9-10H,1,3-5,7-8H2. The monoisotopic (exact) mass is 313 g/mol. The van der Waals surface area contributed by atoms with E-state index in [-0.39, 0.29) is 17.5 Å². The van der Waals surface area contributed by atoms with Crippen molar-refractivity contribution in [3.63, 3.8) is 0 Å². The second kappa shape index (κ2) is 5.33. The Hall–Kier alpha value is -1.14. The minimum Gasteiger partial charge on any atom is -0.325 e. The molecule has 2 aromatic rings. The predicted octanol–water partition coefficient (Wildman–Crippen LogP) is 1.96. The summed E-state index contributed by atoms with van der Waals surface area (Å²) >= 11 is 5.85. The van der Waals surface area contributed by atoms with Crippen molar-refractivity contribution in [2.45, 2.75) is 25.3 Å². The Balaban J connectivity index is 2.03. The minimum absolute atomic E-state index is 0.184. The first-order valence-corrected chi connectivity index (χ1v) is 9.03. The number of alkyl halides is 1. The van der Waals surface area contributed by atoms with E-state index in [1.165, 1.54) is 0 Å². The lowest BCUT2D eigenvalue weighted by Gasteiger charge is -2.25. The summed E-state index contributed by atoms with van der Waals surface area (Å²) in [5.74, 6) is 1.93. The van der Waals surface area contributed by atoms with E-state index in [4.69, 9.17) is 11.6 Å². The molecule has 7 heteroatoms. The van der Waals surface area contributed by atoms with Crippen molar-refractivity contribution in [1.29, 1.82) is 0 Å². The molecule has 1 fully saturated rings. The van der Waals surface area contributed by atoms with Crippen molar-refractivity contribution >= 4 is 32.5 Å². The molecule has 3 rings (SSSR count). The molecule has 1 aliphatic heterocycles. The summed E-state index contributed by atoms with van der Waals surface area (Å²) in [5, 5.41) is 0. The van der Waals surface area contributed by atoms with E-state index in [9.17, 15) is 8.42 Å². The molecule has 0 aromatic carbocycles. The summed E-state index contributed by atoms with van der Waals surface area (Å²) < 4.78 is 25.3. The molecule has 0 spiro atoms. The van der Waals surface area contributed by atoms with Gasteiger partial charge in [0.05, 0.1) is 23.2 Å². The van der Waals surface area contributed by atoms with Gasteiger partial charge in [0.15, 0.2) is 0 Å². The zero-order valence-corrected chi connectivity index (χ0v) is 12.6. The molecular weight excluding hydrogens is 298 g/mol. The number of halogens is 1. The Morgan fingerprint density at radius 2 is 2.10 bits per heavy atom. The maximum atomic E-state index is 11.6. The Morgan fingerprint density at radius 3 is 2.80 bits per heavy atom. The summed E-state index contributed by atoms with van der Waals surface area (Å²) in [6, 6.07) is 2.12. The molecule has 0 radical (unpaired) electrons. The molecule has 0 aliphatic carbocycles. The number of aromatic nitrogens is 3. The normalized spacial score (nSPS) is 19.4. The molecule has 3 heterocycles. The van der Waals surface area contributed by atoms with Crippen LogP contribution in [0.4, 0.5) is 0 Å². The molecule has 0 unspecified atom stereocenters. The SMILES string of the molecule is O=S1(=O)CCC(n2c(CCCl)nc3cnccc32)CC1. The molecule has 5 nitrogen and oxygen atoms in total. The number of imidazole rings is 1. The fourth-order valence-corrected chi connectivity index (χ4v) is 4.44. The van der Waals surface area contributed by atoms with E-state index in [0.29, 0.717) is 25.1 Å². The van der Waals surface area contributed by atoms with Gasteiger partial charge < -0.3 is 4.57 Å². The van der Waals surface area contributed by atoms with Crippen molar-refractivity contribution in [3.8, 4) is 0 Å². The molecular formula is C13H16ClN3O2S. The van der Waals surface area contributed by atoms with Crippen molar-refractivity contribution in [1.82, 2.24) is 14.5 Å². The first-order valence-electron chi connectivity index (χ1n) is 6.68. The van der Waals surface area contributed by atoms with Crippen LogP contribution in [0.15, 0.2) is 18.5 Å². The Kier molecular flexibility index (Phi) is 3.69. The summed E-state index contributed by atoms with van der Waals surface area (Å²) in [5.41, 5.74) is 1.87. The van der Waals surface area contributed by atoms with Gasteiger partial charge in [0.1, 0.15) is 21.2 Å². The topological polar surface area (TPSA) is 64.8 Å². The Labute approximate surface area is 122 Å². The van der Waals surface area contributed by atoms with E-state index in [0.717, 1.165) is 16.9 Å². The lowest BCUT2D eigenvalue weighted by Crippen LogP contribution is -2.26. The number of hydrogen-bond acceptors (Lipinski definition) is 4. The van der Waals surface area contributed by atoms with E-state index in [1.54, 1.807) is 12.4 Å². The van der Waals surface area contributed by atoms with Crippen LogP contribution in [0.3, 0.4) is 0 Å². The maximum Gasteiger partial charge on any atom is 0.150 e. The summed E-state index contributed by atoms with van der Waals surface area (Å²) in [6.07, 6.45) is 5.45. The number of nitrogens with zero attached hydrogens (tertiary/aromatic N) is 3. The molecule has 0 bridgehead atoms. The van der Waals surface area contributed by atoms with Crippen molar-refractivity contribution < 1.29 is 8.42 Å². The minimum atomic E-state index is -2.86. The molecule has 1 aliphatic rings. The van der Waals surface area contributed by atoms with E-state index >= 15 is 0 Å². The van der Waals surface area contributed by atoms with Gasteiger partial charge >= 0.3 is 0 Å². The highest BCUT2D eigenvalue weighted by atomic mass is 35.5. The van der Waals surface area contributed by atoms with Gasteiger partial charge in [-0.05, 0) is 18.9 Å². The number of hydrogen-bond donors (Lipinski definition) is 0. The molecule has 1 saturated heterocycles. The van der Waals surface area contributed by atoms with Gasteiger partial charge in [-0.2, -0.15) is 0 Å². The highest BCUT2D eigenvalue weighted by molar-refractivity contribution is 7.91. The number of aryl methyl sites for hydroxylation is 1. The average molecular weight is 314 g/mol. The Bertz CT molecular complexity index is 712. The van der Waals surface area contributed by atoms with Crippen molar-refractivity contribution in [2.24, 2.45) is 0 Å². The first kappa shape index (κ1) is 13.8. The van der Waals surface area contributed by atoms with Crippen LogP contribution in [0.2, 0.25) is 0 Å². The molecule has 0 N–H and O–H groups in total. The molecule has 0 saturated carbocycles. The van der Waals surface area contributed by atoms with Crippen LogP contribution in [-0.4, -0.2) is 40.3 Å². The van der Waals surface area contributed by atoms with Crippen molar-refractivity contribution in [3.05, 3.63) is 24.3 Å². The van der Waals surface area contributed by atoms with E-state index in [1.807, 2.05) is 6.07 Å². The quantitative estimate of drug-likeness (QED) is 0.813. The summed E-state index contributed by atoms with van der Waals surface area (Å²) in [6.45, 7) is 0. The molecule has 108 valence electrons. The van der Waals surface area contributed by atoms with Gasteiger partial charge in [0.2, 0.25) is 0 Å². The van der Waals surface area contributed by atoms with Gasteiger partial charge in [-0.15, -0.1) is 11.6 Å². The van der Waals surface area contributed by atoms with E-state index < -0.39 is 9.84 Å². The molecule has 0 atom stereocenters. The fraction of sp³-hybridized carbons (Fsp3) is 0.538. The molecule has 2 aromatic heterocycles. The van der Waals surface area contributed by atoms with Crippen LogP contribution in [0.1, 0.15) is 24.7 Å². The second-order valence-electron chi connectivity index (χ2n) is 5.08. The van der Waals surface area contributed by atoms with Crippen LogP contribution in [-0.2, 0) is 16.3 Å². The van der Waals surface area contributed by atoms with E-state index in [2.05, 4.69) is 14.5 Å². The lowest BCUT2D eigenvalue weighted by atomic mass is 10.1. The zero-order chi connectivity index (χ0) is 14.2. The van der Waals surface area contributed by atoms with Gasteiger partial charge in [-0.3, -0.25) is 4.98 Å². The van der Waals surface area contributed by atoms with Crippen LogP contribution < -0.4 is 0 Å². The zero-order valence-electron chi connectivity index (χ0n) is 11.0. The van der Waals surface area contributed by atoms with Crippen LogP contribution in [0, 0.1) is 0 Å². The highest BCUT2D eigenvalue weighted by Crippen LogP contribution is 2.29. The van der Waals surface area contributed by atoms with Gasteiger partial charge in [-0.1, -0.05) is 0 Å². The number of fused-ring (bicyclic) bond motifs is 1. The van der Waals surface area contributed by atoms with Gasteiger partial charge in [0, 0.05) is 24.5 Å². The largest absolute Gasteiger partial charge is 0.325 e. The summed E-state index contributed by atoms with van der Waals surface area (Å²) in [4.78, 5) is 8.67. The number of sulfone groups is 1. The smallest absolute Gasteiger partial charge is 0.150 e. The van der Waals surface area contributed by atoms with Gasteiger partial charge in [-0.25, -0.2) is 13.4 Å². The maximum absolute atomic E-state index is 11.6. The lowest BCUT2D eigenvalue weighted by molar-refractivity contribution is 0.447.